The molecule has 0 bridgehead atoms. The van der Waals surface area contributed by atoms with Gasteiger partial charge >= 0.3 is 5.97 Å². The Morgan fingerprint density at radius 1 is 1.19 bits per heavy atom. The van der Waals surface area contributed by atoms with E-state index in [0.717, 1.165) is 27.5 Å². The molecule has 21 heavy (non-hydrogen) atoms. The number of carboxylic acid groups (broad SMARTS) is 1. The third-order valence-electron chi connectivity index (χ3n) is 3.26. The fraction of sp³-hybridized carbons (Fsp3) is 0.188. The molecule has 0 aliphatic carbocycles. The lowest BCUT2D eigenvalue weighted by molar-refractivity contribution is -0.134. The van der Waals surface area contributed by atoms with Crippen molar-refractivity contribution in [3.05, 3.63) is 48.0 Å². The van der Waals surface area contributed by atoms with Crippen LogP contribution in [0, 0.1) is 0 Å². The number of hydrogen-bond acceptors (Lipinski definition) is 4. The molecule has 1 unspecified atom stereocenters. The maximum absolute atomic E-state index is 11.0. The van der Waals surface area contributed by atoms with Gasteiger partial charge in [-0.15, -0.1) is 23.5 Å². The summed E-state index contributed by atoms with van der Waals surface area (Å²) in [5.41, 5.74) is 2.86. The second-order valence-electron chi connectivity index (χ2n) is 4.65. The summed E-state index contributed by atoms with van der Waals surface area (Å²) in [5, 5.41) is 11.3. The van der Waals surface area contributed by atoms with Gasteiger partial charge in [0.2, 0.25) is 0 Å². The summed E-state index contributed by atoms with van der Waals surface area (Å²) in [6.45, 7) is 0. The van der Waals surface area contributed by atoms with Crippen LogP contribution in [0.15, 0.2) is 46.9 Å². The van der Waals surface area contributed by atoms with E-state index >= 15 is 0 Å². The summed E-state index contributed by atoms with van der Waals surface area (Å²) in [7, 11) is 0. The van der Waals surface area contributed by atoms with Crippen LogP contribution in [0.5, 0.6) is 0 Å². The van der Waals surface area contributed by atoms with E-state index in [9.17, 15) is 4.79 Å². The standard InChI is InChI=1S/C16H14O3S2/c1-20-16(15(17)18)21-9-10-6-7-14-12(8-10)11-4-2-3-5-13(11)19-14/h2-8,16H,9H2,1H3,(H,17,18). The van der Waals surface area contributed by atoms with Gasteiger partial charge in [-0.3, -0.25) is 4.79 Å². The zero-order valence-corrected chi connectivity index (χ0v) is 13.0. The van der Waals surface area contributed by atoms with Crippen molar-refractivity contribution in [3.63, 3.8) is 0 Å². The number of carbonyl (C=O) groups is 1. The molecule has 3 rings (SSSR count). The molecular formula is C16H14O3S2. The number of rotatable bonds is 5. The molecule has 0 saturated heterocycles. The highest BCUT2D eigenvalue weighted by Gasteiger charge is 2.16. The number of fused-ring (bicyclic) bond motifs is 3. The van der Waals surface area contributed by atoms with E-state index < -0.39 is 10.6 Å². The average Bonchev–Trinajstić information content (AvgIpc) is 2.85. The van der Waals surface area contributed by atoms with Crippen LogP contribution in [0.2, 0.25) is 0 Å². The molecule has 1 aromatic heterocycles. The van der Waals surface area contributed by atoms with E-state index in [1.54, 1.807) is 0 Å². The van der Waals surface area contributed by atoms with Gasteiger partial charge in [0, 0.05) is 16.5 Å². The smallest absolute Gasteiger partial charge is 0.326 e. The highest BCUT2D eigenvalue weighted by atomic mass is 32.2. The lowest BCUT2D eigenvalue weighted by atomic mass is 10.1. The highest BCUT2D eigenvalue weighted by Crippen LogP contribution is 2.31. The molecule has 0 aliphatic rings. The first-order valence-electron chi connectivity index (χ1n) is 6.46. The van der Waals surface area contributed by atoms with Crippen LogP contribution in [0.25, 0.3) is 21.9 Å². The number of benzene rings is 2. The summed E-state index contributed by atoms with van der Waals surface area (Å²) >= 11 is 2.78. The Kier molecular flexibility index (Phi) is 4.12. The van der Waals surface area contributed by atoms with Crippen molar-refractivity contribution in [1.82, 2.24) is 0 Å². The minimum absolute atomic E-state index is 0.429. The number of para-hydroxylation sites is 1. The summed E-state index contributed by atoms with van der Waals surface area (Å²) in [4.78, 5) is 11.0. The fourth-order valence-electron chi connectivity index (χ4n) is 2.28. The molecule has 0 radical (unpaired) electrons. The highest BCUT2D eigenvalue weighted by molar-refractivity contribution is 8.17. The van der Waals surface area contributed by atoms with E-state index in [2.05, 4.69) is 6.07 Å². The van der Waals surface area contributed by atoms with Gasteiger partial charge in [0.25, 0.3) is 0 Å². The topological polar surface area (TPSA) is 50.4 Å². The third kappa shape index (κ3) is 2.89. The number of thioether (sulfide) groups is 2. The van der Waals surface area contributed by atoms with Crippen molar-refractivity contribution in [2.45, 2.75) is 10.3 Å². The van der Waals surface area contributed by atoms with Gasteiger partial charge in [0.05, 0.1) is 0 Å². The molecule has 3 nitrogen and oxygen atoms in total. The number of aliphatic carboxylic acids is 1. The summed E-state index contributed by atoms with van der Waals surface area (Å²) < 4.78 is 5.36. The van der Waals surface area contributed by atoms with E-state index in [4.69, 9.17) is 9.52 Å². The van der Waals surface area contributed by atoms with Gasteiger partial charge in [-0.25, -0.2) is 0 Å². The van der Waals surface area contributed by atoms with Crippen LogP contribution in [0.4, 0.5) is 0 Å². The van der Waals surface area contributed by atoms with Crippen LogP contribution < -0.4 is 0 Å². The van der Waals surface area contributed by atoms with Gasteiger partial charge in [0.15, 0.2) is 0 Å². The Balaban J connectivity index is 1.90. The number of furan rings is 1. The summed E-state index contributed by atoms with van der Waals surface area (Å²) in [6, 6.07) is 14.0. The SMILES string of the molecule is CSC(SCc1ccc2oc3ccccc3c2c1)C(=O)O. The quantitative estimate of drug-likeness (QED) is 0.697. The van der Waals surface area contributed by atoms with Crippen molar-refractivity contribution in [2.75, 3.05) is 6.26 Å². The zero-order valence-electron chi connectivity index (χ0n) is 11.4. The Labute approximate surface area is 130 Å². The summed E-state index contributed by atoms with van der Waals surface area (Å²) in [5.74, 6) is -0.102. The third-order valence-corrected chi connectivity index (χ3v) is 5.88. The van der Waals surface area contributed by atoms with Crippen molar-refractivity contribution >= 4 is 51.4 Å². The van der Waals surface area contributed by atoms with Crippen LogP contribution in [-0.4, -0.2) is 21.9 Å². The van der Waals surface area contributed by atoms with Crippen molar-refractivity contribution in [2.24, 2.45) is 0 Å². The van der Waals surface area contributed by atoms with Crippen LogP contribution >= 0.6 is 23.5 Å². The molecule has 0 saturated carbocycles. The lowest BCUT2D eigenvalue weighted by Gasteiger charge is -2.08. The van der Waals surface area contributed by atoms with Gasteiger partial charge in [0.1, 0.15) is 15.7 Å². The second kappa shape index (κ2) is 6.03. The monoisotopic (exact) mass is 318 g/mol. The summed E-state index contributed by atoms with van der Waals surface area (Å²) in [6.07, 6.45) is 1.82. The minimum atomic E-state index is -0.776. The first kappa shape index (κ1) is 14.4. The fourth-order valence-corrected chi connectivity index (χ4v) is 3.89. The number of hydrogen-bond donors (Lipinski definition) is 1. The predicted octanol–water partition coefficient (Wildman–Crippen LogP) is 4.59. The van der Waals surface area contributed by atoms with Crippen molar-refractivity contribution in [1.29, 1.82) is 0 Å². The molecule has 0 aliphatic heterocycles. The minimum Gasteiger partial charge on any atom is -0.480 e. The first-order chi connectivity index (χ1) is 10.2. The maximum Gasteiger partial charge on any atom is 0.326 e. The molecule has 1 N–H and O–H groups in total. The van der Waals surface area contributed by atoms with Gasteiger partial charge in [-0.05, 0) is 30.0 Å². The molecule has 0 spiro atoms. The van der Waals surface area contributed by atoms with Crippen molar-refractivity contribution < 1.29 is 14.3 Å². The Morgan fingerprint density at radius 2 is 1.95 bits per heavy atom. The predicted molar refractivity (Wildman–Crippen MR) is 90.0 cm³/mol. The maximum atomic E-state index is 11.0. The van der Waals surface area contributed by atoms with E-state index in [0.29, 0.717) is 5.75 Å². The number of carboxylic acids is 1. The molecule has 1 heterocycles. The Bertz CT molecular complexity index is 794. The molecule has 108 valence electrons. The largest absolute Gasteiger partial charge is 0.480 e. The van der Waals surface area contributed by atoms with E-state index in [-0.39, 0.29) is 0 Å². The molecule has 2 aromatic carbocycles. The molecule has 5 heteroatoms. The molecule has 0 amide bonds. The molecule has 3 aromatic rings. The second-order valence-corrected chi connectivity index (χ2v) is 6.98. The first-order valence-corrected chi connectivity index (χ1v) is 8.80. The normalized spacial score (nSPS) is 12.8. The zero-order chi connectivity index (χ0) is 14.8. The van der Waals surface area contributed by atoms with E-state index in [1.807, 2.05) is 42.7 Å². The molecule has 0 fully saturated rings. The van der Waals surface area contributed by atoms with Gasteiger partial charge < -0.3 is 9.52 Å². The van der Waals surface area contributed by atoms with E-state index in [1.165, 1.54) is 23.5 Å². The van der Waals surface area contributed by atoms with Crippen LogP contribution in [-0.2, 0) is 10.5 Å². The van der Waals surface area contributed by atoms with Gasteiger partial charge in [-0.2, -0.15) is 0 Å². The molecule has 1 atom stereocenters. The average molecular weight is 318 g/mol. The van der Waals surface area contributed by atoms with Crippen LogP contribution in [0.1, 0.15) is 5.56 Å². The lowest BCUT2D eigenvalue weighted by Crippen LogP contribution is -2.11. The van der Waals surface area contributed by atoms with Gasteiger partial charge in [-0.1, -0.05) is 24.3 Å². The Hall–Kier alpha value is -1.59. The van der Waals surface area contributed by atoms with Crippen LogP contribution in [0.3, 0.4) is 0 Å². The Morgan fingerprint density at radius 3 is 2.71 bits per heavy atom. The molecular weight excluding hydrogens is 304 g/mol. The van der Waals surface area contributed by atoms with Crippen molar-refractivity contribution in [3.8, 4) is 0 Å².